The second-order valence-electron chi connectivity index (χ2n) is 3.23. The number of carbonyl (C=O) groups is 2. The van der Waals surface area contributed by atoms with Gasteiger partial charge in [0.1, 0.15) is 5.65 Å². The van der Waals surface area contributed by atoms with E-state index in [0.29, 0.717) is 17.7 Å². The zero-order valence-corrected chi connectivity index (χ0v) is 9.59. The molecule has 2 N–H and O–H groups in total. The molecule has 0 saturated carbocycles. The maximum atomic E-state index is 9.55. The van der Waals surface area contributed by atoms with Crippen molar-refractivity contribution >= 4 is 17.6 Å². The predicted molar refractivity (Wildman–Crippen MR) is 64.3 cm³/mol. The minimum atomic E-state index is -1.26. The van der Waals surface area contributed by atoms with Crippen molar-refractivity contribution < 1.29 is 19.8 Å². The fourth-order valence-electron chi connectivity index (χ4n) is 1.12. The average Bonchev–Trinajstić information content (AvgIpc) is 2.84. The predicted octanol–water partition coefficient (Wildman–Crippen LogP) is 0.918. The summed E-state index contributed by atoms with van der Waals surface area (Å²) in [5, 5.41) is 24.2. The summed E-state index contributed by atoms with van der Waals surface area (Å²) in [6.07, 6.45) is 6.48. The van der Waals surface area contributed by atoms with E-state index in [9.17, 15) is 9.59 Å². The molecule has 0 radical (unpaired) electrons. The van der Waals surface area contributed by atoms with Crippen LogP contribution in [0.25, 0.3) is 5.65 Å². The van der Waals surface area contributed by atoms with E-state index in [4.69, 9.17) is 15.5 Å². The number of fused-ring (bicyclic) bond motifs is 1. The fraction of sp³-hybridized carbons (Fsp3) is 0. The van der Waals surface area contributed by atoms with Crippen molar-refractivity contribution in [2.24, 2.45) is 0 Å². The van der Waals surface area contributed by atoms with Gasteiger partial charge in [-0.2, -0.15) is 5.26 Å². The first-order chi connectivity index (χ1) is 9.02. The van der Waals surface area contributed by atoms with Gasteiger partial charge in [0.15, 0.2) is 0 Å². The molecule has 2 rings (SSSR count). The molecule has 0 spiro atoms. The lowest BCUT2D eigenvalue weighted by atomic mass is 10.3. The topological polar surface area (TPSA) is 116 Å². The number of aromatic nitrogens is 2. The summed E-state index contributed by atoms with van der Waals surface area (Å²) in [4.78, 5) is 23.1. The summed E-state index contributed by atoms with van der Waals surface area (Å²) < 4.78 is 1.86. The largest absolute Gasteiger partial charge is 0.478 e. The highest BCUT2D eigenvalue weighted by Crippen LogP contribution is 2.03. The monoisotopic (exact) mass is 259 g/mol. The van der Waals surface area contributed by atoms with E-state index in [1.807, 2.05) is 16.8 Å². The van der Waals surface area contributed by atoms with Gasteiger partial charge in [0.25, 0.3) is 0 Å². The summed E-state index contributed by atoms with van der Waals surface area (Å²) in [7, 11) is 0. The molecule has 0 aliphatic carbocycles. The van der Waals surface area contributed by atoms with Gasteiger partial charge in [-0.1, -0.05) is 0 Å². The molecule has 0 fully saturated rings. The Morgan fingerprint density at radius 3 is 2.42 bits per heavy atom. The highest BCUT2D eigenvalue weighted by Gasteiger charge is 1.93. The Morgan fingerprint density at radius 2 is 1.89 bits per heavy atom. The van der Waals surface area contributed by atoms with Gasteiger partial charge in [-0.3, -0.25) is 0 Å². The molecule has 0 unspecified atom stereocenters. The number of aliphatic carboxylic acids is 2. The minimum Gasteiger partial charge on any atom is -0.478 e. The highest BCUT2D eigenvalue weighted by atomic mass is 16.4. The van der Waals surface area contributed by atoms with Crippen LogP contribution in [0.5, 0.6) is 0 Å². The maximum absolute atomic E-state index is 9.55. The summed E-state index contributed by atoms with van der Waals surface area (Å²) in [6, 6.07) is 5.56. The van der Waals surface area contributed by atoms with E-state index in [2.05, 4.69) is 11.1 Å². The maximum Gasteiger partial charge on any atom is 0.328 e. The molecule has 7 nitrogen and oxygen atoms in total. The Kier molecular flexibility index (Phi) is 4.81. The van der Waals surface area contributed by atoms with Crippen LogP contribution < -0.4 is 0 Å². The molecule has 0 bridgehead atoms. The fourth-order valence-corrected chi connectivity index (χ4v) is 1.12. The molecule has 0 aliphatic heterocycles. The molecular formula is C12H9N3O4. The van der Waals surface area contributed by atoms with Crippen LogP contribution in [0.1, 0.15) is 5.56 Å². The number of carboxylic acid groups (broad SMARTS) is 2. The number of nitriles is 1. The van der Waals surface area contributed by atoms with E-state index in [1.165, 1.54) is 0 Å². The van der Waals surface area contributed by atoms with Crippen LogP contribution in [0.3, 0.4) is 0 Å². The Morgan fingerprint density at radius 1 is 1.26 bits per heavy atom. The van der Waals surface area contributed by atoms with E-state index < -0.39 is 11.9 Å². The third kappa shape index (κ3) is 4.70. The molecule has 0 atom stereocenters. The number of hydrogen-bond acceptors (Lipinski definition) is 4. The lowest BCUT2D eigenvalue weighted by molar-refractivity contribution is -0.134. The van der Waals surface area contributed by atoms with E-state index in [1.54, 1.807) is 18.3 Å². The normalized spacial score (nSPS) is 9.63. The number of carboxylic acids is 2. The Bertz CT molecular complexity index is 651. The molecule has 2 aromatic rings. The lowest BCUT2D eigenvalue weighted by Gasteiger charge is -1.90. The quantitative estimate of drug-likeness (QED) is 0.774. The number of rotatable bonds is 2. The first-order valence-electron chi connectivity index (χ1n) is 4.99. The van der Waals surface area contributed by atoms with Gasteiger partial charge in [0.05, 0.1) is 11.6 Å². The van der Waals surface area contributed by atoms with E-state index in [-0.39, 0.29) is 0 Å². The second-order valence-corrected chi connectivity index (χ2v) is 3.23. The summed E-state index contributed by atoms with van der Waals surface area (Å²) in [5.41, 5.74) is 1.45. The van der Waals surface area contributed by atoms with Gasteiger partial charge in [-0.05, 0) is 12.1 Å². The zero-order valence-electron chi connectivity index (χ0n) is 9.59. The molecule has 0 aliphatic rings. The van der Waals surface area contributed by atoms with Crippen molar-refractivity contribution in [1.82, 2.24) is 9.38 Å². The van der Waals surface area contributed by atoms with Crippen LogP contribution in [0.4, 0.5) is 0 Å². The smallest absolute Gasteiger partial charge is 0.328 e. The average molecular weight is 259 g/mol. The molecule has 0 aromatic carbocycles. The molecule has 2 heterocycles. The van der Waals surface area contributed by atoms with E-state index in [0.717, 1.165) is 5.65 Å². The number of imidazole rings is 1. The Hall–Kier alpha value is -3.14. The third-order valence-corrected chi connectivity index (χ3v) is 1.90. The standard InChI is InChI=1S/C8H5N3.C4H4O4/c9-6-7-1-3-11-4-2-10-8(11)5-7;5-3(6)1-2-4(7)8/h1-5H;1-2H,(H,5,6)(H,7,8)/b;2-1-. The minimum absolute atomic E-state index is 0.558. The number of nitrogens with zero attached hydrogens (tertiary/aromatic N) is 3. The van der Waals surface area contributed by atoms with Gasteiger partial charge in [-0.25, -0.2) is 14.6 Å². The van der Waals surface area contributed by atoms with Crippen molar-refractivity contribution in [2.45, 2.75) is 0 Å². The molecule has 96 valence electrons. The third-order valence-electron chi connectivity index (χ3n) is 1.90. The summed E-state index contributed by atoms with van der Waals surface area (Å²) >= 11 is 0. The first kappa shape index (κ1) is 13.9. The SMILES string of the molecule is N#Cc1ccn2ccnc2c1.O=C(O)/C=C\C(=O)O. The molecule has 7 heteroatoms. The van der Waals surface area contributed by atoms with Crippen molar-refractivity contribution in [3.8, 4) is 6.07 Å². The summed E-state index contributed by atoms with van der Waals surface area (Å²) in [6.45, 7) is 0. The van der Waals surface area contributed by atoms with Crippen molar-refractivity contribution in [1.29, 1.82) is 5.26 Å². The van der Waals surface area contributed by atoms with Gasteiger partial charge in [-0.15, -0.1) is 0 Å². The van der Waals surface area contributed by atoms with Crippen molar-refractivity contribution in [3.63, 3.8) is 0 Å². The van der Waals surface area contributed by atoms with Crippen LogP contribution >= 0.6 is 0 Å². The van der Waals surface area contributed by atoms with Crippen LogP contribution in [0.2, 0.25) is 0 Å². The highest BCUT2D eigenvalue weighted by molar-refractivity contribution is 5.89. The summed E-state index contributed by atoms with van der Waals surface area (Å²) in [5.74, 6) is -2.51. The van der Waals surface area contributed by atoms with Crippen LogP contribution in [0.15, 0.2) is 42.9 Å². The first-order valence-corrected chi connectivity index (χ1v) is 4.99. The van der Waals surface area contributed by atoms with Crippen LogP contribution in [-0.4, -0.2) is 31.5 Å². The van der Waals surface area contributed by atoms with Crippen molar-refractivity contribution in [3.05, 3.63) is 48.4 Å². The van der Waals surface area contributed by atoms with Crippen LogP contribution in [-0.2, 0) is 9.59 Å². The number of pyridine rings is 1. The van der Waals surface area contributed by atoms with Gasteiger partial charge in [0.2, 0.25) is 0 Å². The van der Waals surface area contributed by atoms with Crippen molar-refractivity contribution in [2.75, 3.05) is 0 Å². The molecule has 0 saturated heterocycles. The molecular weight excluding hydrogens is 250 g/mol. The Balaban J connectivity index is 0.000000203. The van der Waals surface area contributed by atoms with Crippen LogP contribution in [0, 0.1) is 11.3 Å². The lowest BCUT2D eigenvalue weighted by Crippen LogP contribution is -1.91. The van der Waals surface area contributed by atoms with Gasteiger partial charge < -0.3 is 14.6 Å². The molecule has 19 heavy (non-hydrogen) atoms. The zero-order chi connectivity index (χ0) is 14.3. The van der Waals surface area contributed by atoms with Gasteiger partial charge in [0, 0.05) is 30.7 Å². The number of hydrogen-bond donors (Lipinski definition) is 2. The molecule has 0 amide bonds. The molecule has 2 aromatic heterocycles. The second kappa shape index (κ2) is 6.56. The Labute approximate surface area is 107 Å². The van der Waals surface area contributed by atoms with E-state index >= 15 is 0 Å². The van der Waals surface area contributed by atoms with Gasteiger partial charge >= 0.3 is 11.9 Å².